The Balaban J connectivity index is 1.06. The first-order valence-electron chi connectivity index (χ1n) is 18.0. The van der Waals surface area contributed by atoms with Gasteiger partial charge in [0.25, 0.3) is 0 Å². The third-order valence-corrected chi connectivity index (χ3v) is 11.5. The minimum Gasteiger partial charge on any atom is -0.291 e. The van der Waals surface area contributed by atoms with E-state index in [-0.39, 0.29) is 0 Å². The summed E-state index contributed by atoms with van der Waals surface area (Å²) in [6.07, 6.45) is 0. The van der Waals surface area contributed by atoms with Gasteiger partial charge in [0.1, 0.15) is 0 Å². The number of thiophene rings is 1. The molecule has 4 heterocycles. The van der Waals surface area contributed by atoms with Crippen molar-refractivity contribution in [3.05, 3.63) is 176 Å². The SMILES string of the molecule is c1ccc(-c2ccc(-c3nc(-c4ccccc4)nc(-c4ccc(-c5cc6c7ccc8ccccc8c7sc6c6nc7ccccc7n56)cc4)n3)cc2)cc1. The van der Waals surface area contributed by atoms with Gasteiger partial charge in [-0.1, -0.05) is 158 Å². The quantitative estimate of drug-likeness (QED) is 0.179. The maximum atomic E-state index is 5.22. The molecule has 0 saturated heterocycles. The molecule has 4 aromatic heterocycles. The molecule has 0 aliphatic rings. The fourth-order valence-electron chi connectivity index (χ4n) is 7.57. The van der Waals surface area contributed by atoms with Crippen molar-refractivity contribution in [1.82, 2.24) is 24.3 Å². The number of nitrogens with zero attached hydrogens (tertiary/aromatic N) is 5. The molecule has 0 aliphatic carbocycles. The lowest BCUT2D eigenvalue weighted by Gasteiger charge is -2.11. The number of hydrogen-bond acceptors (Lipinski definition) is 5. The van der Waals surface area contributed by atoms with E-state index in [2.05, 4.69) is 144 Å². The molecule has 7 aromatic carbocycles. The van der Waals surface area contributed by atoms with Gasteiger partial charge < -0.3 is 0 Å². The average Bonchev–Trinajstić information content (AvgIpc) is 3.83. The second kappa shape index (κ2) is 12.3. The van der Waals surface area contributed by atoms with Crippen LogP contribution in [0.3, 0.4) is 0 Å². The molecule has 0 N–H and O–H groups in total. The second-order valence-electron chi connectivity index (χ2n) is 13.5. The van der Waals surface area contributed by atoms with Crippen molar-refractivity contribution >= 4 is 59.0 Å². The van der Waals surface area contributed by atoms with E-state index in [1.807, 2.05) is 47.7 Å². The van der Waals surface area contributed by atoms with Crippen LogP contribution < -0.4 is 0 Å². The number of rotatable bonds is 5. The van der Waals surface area contributed by atoms with Gasteiger partial charge in [0.05, 0.1) is 21.4 Å². The first-order chi connectivity index (χ1) is 26.7. The summed E-state index contributed by atoms with van der Waals surface area (Å²) in [4.78, 5) is 20.2. The van der Waals surface area contributed by atoms with Crippen molar-refractivity contribution in [2.24, 2.45) is 0 Å². The van der Waals surface area contributed by atoms with Crippen LogP contribution in [-0.4, -0.2) is 24.3 Å². The molecule has 0 saturated carbocycles. The highest BCUT2D eigenvalue weighted by Gasteiger charge is 2.19. The predicted octanol–water partition coefficient (Wildman–Crippen LogP) is 12.5. The Morgan fingerprint density at radius 2 is 0.907 bits per heavy atom. The van der Waals surface area contributed by atoms with Gasteiger partial charge in [-0.15, -0.1) is 11.3 Å². The summed E-state index contributed by atoms with van der Waals surface area (Å²) >= 11 is 1.83. The standard InChI is InChI=1S/C48H29N5S/c1-3-11-30(12-4-1)31-19-23-35(24-20-31)46-50-45(34-14-5-2-6-15-34)51-47(52-46)36-25-21-33(22-26-36)42-29-39-38-28-27-32-13-7-8-16-37(32)43(38)54-44(39)48-49-40-17-9-10-18-41(40)53(42)48/h1-29H. The number of hydrogen-bond donors (Lipinski definition) is 0. The molecular formula is C48H29N5S. The summed E-state index contributed by atoms with van der Waals surface area (Å²) in [5.41, 5.74) is 10.3. The number of imidazole rings is 1. The molecular weight excluding hydrogens is 679 g/mol. The lowest BCUT2D eigenvalue weighted by Crippen LogP contribution is -2.00. The summed E-state index contributed by atoms with van der Waals surface area (Å²) in [7, 11) is 0. The predicted molar refractivity (Wildman–Crippen MR) is 224 cm³/mol. The molecule has 0 unspecified atom stereocenters. The van der Waals surface area contributed by atoms with Crippen LogP contribution in [0.25, 0.3) is 104 Å². The zero-order valence-electron chi connectivity index (χ0n) is 28.9. The number of pyridine rings is 1. The van der Waals surface area contributed by atoms with Gasteiger partial charge in [0, 0.05) is 32.2 Å². The normalized spacial score (nSPS) is 11.7. The summed E-state index contributed by atoms with van der Waals surface area (Å²) in [6, 6.07) is 61.4. The largest absolute Gasteiger partial charge is 0.291 e. The topological polar surface area (TPSA) is 56.0 Å². The Labute approximate surface area is 314 Å². The maximum absolute atomic E-state index is 5.22. The Kier molecular flexibility index (Phi) is 6.97. The highest BCUT2D eigenvalue weighted by atomic mass is 32.1. The summed E-state index contributed by atoms with van der Waals surface area (Å²) in [5.74, 6) is 1.90. The highest BCUT2D eigenvalue weighted by Crippen LogP contribution is 2.43. The van der Waals surface area contributed by atoms with Gasteiger partial charge in [0.15, 0.2) is 23.1 Å². The van der Waals surface area contributed by atoms with Gasteiger partial charge >= 0.3 is 0 Å². The van der Waals surface area contributed by atoms with Crippen LogP contribution in [0.5, 0.6) is 0 Å². The second-order valence-corrected chi connectivity index (χ2v) is 14.5. The Hall–Kier alpha value is -7.02. The fourth-order valence-corrected chi connectivity index (χ4v) is 8.87. The maximum Gasteiger partial charge on any atom is 0.164 e. The molecule has 11 rings (SSSR count). The summed E-state index contributed by atoms with van der Waals surface area (Å²) in [6.45, 7) is 0. The van der Waals surface area contributed by atoms with Crippen LogP contribution in [0.4, 0.5) is 0 Å². The monoisotopic (exact) mass is 707 g/mol. The minimum absolute atomic E-state index is 0.627. The molecule has 6 heteroatoms. The lowest BCUT2D eigenvalue weighted by atomic mass is 10.0. The molecule has 252 valence electrons. The minimum atomic E-state index is 0.627. The molecule has 0 fully saturated rings. The van der Waals surface area contributed by atoms with E-state index >= 15 is 0 Å². The molecule has 0 bridgehead atoms. The van der Waals surface area contributed by atoms with Crippen molar-refractivity contribution in [1.29, 1.82) is 0 Å². The van der Waals surface area contributed by atoms with E-state index in [1.165, 1.54) is 36.5 Å². The van der Waals surface area contributed by atoms with Crippen LogP contribution in [0.15, 0.2) is 176 Å². The van der Waals surface area contributed by atoms with Gasteiger partial charge in [-0.3, -0.25) is 4.40 Å². The molecule has 54 heavy (non-hydrogen) atoms. The lowest BCUT2D eigenvalue weighted by molar-refractivity contribution is 1.07. The molecule has 0 amide bonds. The molecule has 0 spiro atoms. The van der Waals surface area contributed by atoms with Crippen molar-refractivity contribution in [3.8, 4) is 56.5 Å². The average molecular weight is 708 g/mol. The Bertz CT molecular complexity index is 3190. The fraction of sp³-hybridized carbons (Fsp3) is 0. The van der Waals surface area contributed by atoms with Crippen LogP contribution in [-0.2, 0) is 0 Å². The van der Waals surface area contributed by atoms with Crippen molar-refractivity contribution in [2.45, 2.75) is 0 Å². The molecule has 11 aromatic rings. The zero-order valence-corrected chi connectivity index (χ0v) is 29.7. The smallest absolute Gasteiger partial charge is 0.164 e. The molecule has 0 atom stereocenters. The van der Waals surface area contributed by atoms with E-state index < -0.39 is 0 Å². The van der Waals surface area contributed by atoms with Crippen LogP contribution in [0.1, 0.15) is 0 Å². The molecule has 0 aliphatic heterocycles. The summed E-state index contributed by atoms with van der Waals surface area (Å²) < 4.78 is 4.80. The van der Waals surface area contributed by atoms with Crippen molar-refractivity contribution in [3.63, 3.8) is 0 Å². The highest BCUT2D eigenvalue weighted by molar-refractivity contribution is 7.27. The number of aromatic nitrogens is 5. The van der Waals surface area contributed by atoms with Crippen LogP contribution in [0.2, 0.25) is 0 Å². The van der Waals surface area contributed by atoms with Gasteiger partial charge in [0.2, 0.25) is 0 Å². The van der Waals surface area contributed by atoms with E-state index in [0.29, 0.717) is 17.5 Å². The van der Waals surface area contributed by atoms with Gasteiger partial charge in [-0.2, -0.15) is 0 Å². The third-order valence-electron chi connectivity index (χ3n) is 10.3. The summed E-state index contributed by atoms with van der Waals surface area (Å²) in [5, 5.41) is 4.99. The third kappa shape index (κ3) is 4.99. The van der Waals surface area contributed by atoms with Crippen molar-refractivity contribution in [2.75, 3.05) is 0 Å². The Morgan fingerprint density at radius 1 is 0.370 bits per heavy atom. The van der Waals surface area contributed by atoms with Gasteiger partial charge in [-0.05, 0) is 45.7 Å². The first kappa shape index (κ1) is 30.6. The van der Waals surface area contributed by atoms with Crippen LogP contribution >= 0.6 is 11.3 Å². The zero-order chi connectivity index (χ0) is 35.6. The van der Waals surface area contributed by atoms with E-state index in [0.717, 1.165) is 50.2 Å². The number of para-hydroxylation sites is 2. The van der Waals surface area contributed by atoms with Crippen LogP contribution in [0, 0.1) is 0 Å². The molecule has 5 nitrogen and oxygen atoms in total. The van der Waals surface area contributed by atoms with E-state index in [1.54, 1.807) is 0 Å². The first-order valence-corrected chi connectivity index (χ1v) is 18.8. The number of fused-ring (bicyclic) bond motifs is 9. The van der Waals surface area contributed by atoms with Gasteiger partial charge in [-0.25, -0.2) is 19.9 Å². The Morgan fingerprint density at radius 3 is 1.61 bits per heavy atom. The van der Waals surface area contributed by atoms with Crippen molar-refractivity contribution < 1.29 is 0 Å². The van der Waals surface area contributed by atoms with E-state index in [9.17, 15) is 0 Å². The number of benzene rings is 7. The molecule has 0 radical (unpaired) electrons. The van der Waals surface area contributed by atoms with E-state index in [4.69, 9.17) is 19.9 Å².